The number of rotatable bonds is 12. The number of carbonyl (C=O) groups is 3. The molecular weight excluding hydrogens is 693 g/mol. The first kappa shape index (κ1) is 35.0. The summed E-state index contributed by atoms with van der Waals surface area (Å²) >= 11 is 1.35. The zero-order valence-corrected chi connectivity index (χ0v) is 29.7. The van der Waals surface area contributed by atoms with E-state index in [0.717, 1.165) is 46.9 Å². The molecule has 7 aromatic rings. The number of hydrogen-bond acceptors (Lipinski definition) is 10. The maximum atomic E-state index is 13.6. The van der Waals surface area contributed by atoms with Crippen molar-refractivity contribution in [1.82, 2.24) is 19.7 Å². The Hall–Kier alpha value is -6.44. The Labute approximate surface area is 307 Å². The molecule has 266 valence electrons. The number of hydrogen-bond donors (Lipinski definition) is 2. The molecule has 0 atom stereocenters. The van der Waals surface area contributed by atoms with Gasteiger partial charge in [0.25, 0.3) is 11.8 Å². The van der Waals surface area contributed by atoms with Crippen molar-refractivity contribution in [3.05, 3.63) is 152 Å². The number of benzene rings is 4. The summed E-state index contributed by atoms with van der Waals surface area (Å²) in [5, 5.41) is 11.3. The van der Waals surface area contributed by atoms with Gasteiger partial charge in [0.2, 0.25) is 0 Å². The number of aromatic nitrogens is 3. The average molecular weight is 727 g/mol. The molecule has 0 radical (unpaired) electrons. The van der Waals surface area contributed by atoms with Gasteiger partial charge in [0.15, 0.2) is 11.2 Å². The second-order valence-electron chi connectivity index (χ2n) is 12.5. The van der Waals surface area contributed by atoms with Gasteiger partial charge in [0, 0.05) is 43.5 Å². The number of fused-ring (bicyclic) bond motifs is 2. The molecule has 0 saturated carbocycles. The lowest BCUT2D eigenvalue weighted by molar-refractivity contribution is 0.0476. The molecule has 3 aromatic heterocycles. The van der Waals surface area contributed by atoms with Crippen molar-refractivity contribution < 1.29 is 23.5 Å². The molecule has 7 rings (SSSR count). The molecule has 13 heteroatoms. The van der Waals surface area contributed by atoms with E-state index in [2.05, 4.69) is 50.9 Å². The molecule has 0 bridgehead atoms. The Morgan fingerprint density at radius 3 is 2.53 bits per heavy atom. The lowest BCUT2D eigenvalue weighted by Crippen LogP contribution is -2.21. The summed E-state index contributed by atoms with van der Waals surface area (Å²) in [6.45, 7) is 1.65. The summed E-state index contributed by atoms with van der Waals surface area (Å²) in [6.07, 6.45) is 4.28. The summed E-state index contributed by atoms with van der Waals surface area (Å²) in [4.78, 5) is 59.7. The minimum atomic E-state index is -0.774. The van der Waals surface area contributed by atoms with Crippen molar-refractivity contribution in [2.75, 3.05) is 24.2 Å². The third kappa shape index (κ3) is 8.22. The van der Waals surface area contributed by atoms with Crippen LogP contribution in [0.5, 0.6) is 0 Å². The van der Waals surface area contributed by atoms with E-state index in [1.165, 1.54) is 35.1 Å². The molecule has 0 saturated heterocycles. The van der Waals surface area contributed by atoms with Crippen molar-refractivity contribution in [3.63, 3.8) is 0 Å². The topological polar surface area (TPSA) is 149 Å². The molecule has 0 aliphatic heterocycles. The first-order valence-electron chi connectivity index (χ1n) is 16.7. The summed E-state index contributed by atoms with van der Waals surface area (Å²) < 4.78 is 13.0. The van der Waals surface area contributed by atoms with Crippen molar-refractivity contribution in [2.45, 2.75) is 19.6 Å². The highest BCUT2D eigenvalue weighted by Crippen LogP contribution is 2.23. The van der Waals surface area contributed by atoms with Gasteiger partial charge in [0.1, 0.15) is 12.2 Å². The van der Waals surface area contributed by atoms with Crippen LogP contribution in [0.15, 0.2) is 118 Å². The van der Waals surface area contributed by atoms with Gasteiger partial charge < -0.3 is 24.7 Å². The van der Waals surface area contributed by atoms with Gasteiger partial charge >= 0.3 is 5.97 Å². The Bertz CT molecular complexity index is 2510. The van der Waals surface area contributed by atoms with Gasteiger partial charge in [-0.3, -0.25) is 24.0 Å². The normalized spacial score (nSPS) is 11.2. The van der Waals surface area contributed by atoms with E-state index in [9.17, 15) is 19.2 Å². The molecule has 3 heterocycles. The third-order valence-electron chi connectivity index (χ3n) is 8.69. The van der Waals surface area contributed by atoms with Crippen LogP contribution in [0.1, 0.15) is 47.3 Å². The number of amides is 2. The predicted molar refractivity (Wildman–Crippen MR) is 203 cm³/mol. The molecular formula is C40H34N6O6S. The molecule has 53 heavy (non-hydrogen) atoms. The van der Waals surface area contributed by atoms with Crippen LogP contribution in [0.4, 0.5) is 11.4 Å². The lowest BCUT2D eigenvalue weighted by Gasteiger charge is -2.17. The summed E-state index contributed by atoms with van der Waals surface area (Å²) in [5.74, 6) is -2.21. The van der Waals surface area contributed by atoms with E-state index in [1.807, 2.05) is 42.2 Å². The standard InChI is InChI=1S/C40H34N6O6S/c1-45(22-26-9-14-34-28(17-26)20-42-46(34)2)16-15-25-7-11-29(12-8-25)43-38(48)31-13-10-27(40(50)51-23-30-21-41-24-53-30)18-33(31)44-39(49)37-19-35(47)32-5-3-4-6-36(32)52-37/h3-14,17-21,24H,15-16,22-23H2,1-2H3,(H,43,48)(H,44,49). The Kier molecular flexibility index (Phi) is 10.2. The Morgan fingerprint density at radius 1 is 0.906 bits per heavy atom. The molecule has 12 nitrogen and oxygen atoms in total. The first-order chi connectivity index (χ1) is 25.7. The van der Waals surface area contributed by atoms with E-state index in [1.54, 1.807) is 36.0 Å². The van der Waals surface area contributed by atoms with Gasteiger partial charge in [-0.25, -0.2) is 4.79 Å². The highest BCUT2D eigenvalue weighted by Gasteiger charge is 2.20. The van der Waals surface area contributed by atoms with Crippen LogP contribution in [0.3, 0.4) is 0 Å². The van der Waals surface area contributed by atoms with E-state index < -0.39 is 23.2 Å². The molecule has 0 spiro atoms. The second-order valence-corrected chi connectivity index (χ2v) is 13.5. The van der Waals surface area contributed by atoms with Crippen molar-refractivity contribution in [3.8, 4) is 0 Å². The molecule has 2 amide bonds. The van der Waals surface area contributed by atoms with Crippen LogP contribution >= 0.6 is 11.3 Å². The molecule has 2 N–H and O–H groups in total. The van der Waals surface area contributed by atoms with Crippen LogP contribution in [-0.4, -0.2) is 51.0 Å². The highest BCUT2D eigenvalue weighted by atomic mass is 32.1. The van der Waals surface area contributed by atoms with E-state index in [0.29, 0.717) is 11.1 Å². The predicted octanol–water partition coefficient (Wildman–Crippen LogP) is 6.67. The van der Waals surface area contributed by atoms with Gasteiger partial charge in [-0.15, -0.1) is 11.3 Å². The molecule has 0 unspecified atom stereocenters. The minimum absolute atomic E-state index is 0.0182. The van der Waals surface area contributed by atoms with Gasteiger partial charge in [0.05, 0.1) is 44.3 Å². The van der Waals surface area contributed by atoms with Crippen molar-refractivity contribution >= 4 is 62.4 Å². The fraction of sp³-hybridized carbons (Fsp3) is 0.150. The number of para-hydroxylation sites is 1. The number of likely N-dealkylation sites (N-methyl/N-ethyl adjacent to an activating group) is 1. The van der Waals surface area contributed by atoms with Crippen LogP contribution in [-0.2, 0) is 31.4 Å². The molecule has 0 aliphatic carbocycles. The number of anilines is 2. The Morgan fingerprint density at radius 2 is 1.72 bits per heavy atom. The third-order valence-corrected chi connectivity index (χ3v) is 9.45. The van der Waals surface area contributed by atoms with Gasteiger partial charge in [-0.2, -0.15) is 5.10 Å². The largest absolute Gasteiger partial charge is 0.456 e. The SMILES string of the molecule is CN(CCc1ccc(NC(=O)c2ccc(C(=O)OCc3cncs3)cc2NC(=O)c2cc(=O)c3ccccc3o2)cc1)Cc1ccc2c(cnn2C)c1. The minimum Gasteiger partial charge on any atom is -0.456 e. The number of carbonyl (C=O) groups excluding carboxylic acids is 3. The lowest BCUT2D eigenvalue weighted by atomic mass is 10.1. The number of nitrogens with one attached hydrogen (secondary N) is 2. The van der Waals surface area contributed by atoms with Crippen molar-refractivity contribution in [1.29, 1.82) is 0 Å². The van der Waals surface area contributed by atoms with Crippen LogP contribution < -0.4 is 16.1 Å². The quantitative estimate of drug-likeness (QED) is 0.132. The number of esters is 1. The zero-order valence-electron chi connectivity index (χ0n) is 28.9. The van der Waals surface area contributed by atoms with E-state index in [4.69, 9.17) is 9.15 Å². The number of nitrogens with zero attached hydrogens (tertiary/aromatic N) is 4. The average Bonchev–Trinajstić information content (AvgIpc) is 3.83. The smallest absolute Gasteiger partial charge is 0.338 e. The number of thiazole rings is 1. The van der Waals surface area contributed by atoms with E-state index in [-0.39, 0.29) is 34.8 Å². The van der Waals surface area contributed by atoms with E-state index >= 15 is 0 Å². The van der Waals surface area contributed by atoms with Crippen LogP contribution in [0.2, 0.25) is 0 Å². The maximum Gasteiger partial charge on any atom is 0.338 e. The summed E-state index contributed by atoms with van der Waals surface area (Å²) in [6, 6.07) is 25.8. The Balaban J connectivity index is 1.04. The first-order valence-corrected chi connectivity index (χ1v) is 17.6. The highest BCUT2D eigenvalue weighted by molar-refractivity contribution is 7.09. The molecule has 0 aliphatic rings. The summed E-state index contributed by atoms with van der Waals surface area (Å²) in [7, 11) is 4.01. The monoisotopic (exact) mass is 726 g/mol. The fourth-order valence-corrected chi connectivity index (χ4v) is 6.39. The summed E-state index contributed by atoms with van der Waals surface area (Å²) in [5.41, 5.74) is 5.64. The fourth-order valence-electron chi connectivity index (χ4n) is 5.88. The van der Waals surface area contributed by atoms with Gasteiger partial charge in [-0.05, 0) is 79.2 Å². The zero-order chi connectivity index (χ0) is 36.9. The maximum absolute atomic E-state index is 13.6. The van der Waals surface area contributed by atoms with Gasteiger partial charge in [-0.1, -0.05) is 30.3 Å². The number of ether oxygens (including phenoxy) is 1. The molecule has 0 fully saturated rings. The van der Waals surface area contributed by atoms with Crippen molar-refractivity contribution in [2.24, 2.45) is 7.05 Å². The van der Waals surface area contributed by atoms with Crippen LogP contribution in [0.25, 0.3) is 21.9 Å². The van der Waals surface area contributed by atoms with Crippen LogP contribution in [0, 0.1) is 0 Å². The second kappa shape index (κ2) is 15.4. The molecule has 4 aromatic carbocycles. The number of aryl methyl sites for hydroxylation is 1.